The molecule has 0 radical (unpaired) electrons. The zero-order valence-electron chi connectivity index (χ0n) is 19.0. The lowest BCUT2D eigenvalue weighted by atomic mass is 9.60. The van der Waals surface area contributed by atoms with Gasteiger partial charge >= 0.3 is 6.03 Å². The second kappa shape index (κ2) is 8.17. The van der Waals surface area contributed by atoms with Crippen LogP contribution in [0.5, 0.6) is 0 Å². The lowest BCUT2D eigenvalue weighted by Gasteiger charge is -2.46. The molecule has 1 aromatic carbocycles. The minimum atomic E-state index is -0.511. The molecule has 7 nitrogen and oxygen atoms in total. The molecule has 4 rings (SSSR count). The Morgan fingerprint density at radius 3 is 2.23 bits per heavy atom. The van der Waals surface area contributed by atoms with E-state index < -0.39 is 5.41 Å². The number of amides is 4. The number of hydrogen-bond acceptors (Lipinski definition) is 3. The molecule has 3 saturated heterocycles. The van der Waals surface area contributed by atoms with E-state index in [-0.39, 0.29) is 23.3 Å². The number of fused-ring (bicyclic) bond motifs is 1. The highest BCUT2D eigenvalue weighted by Crippen LogP contribution is 2.58. The number of nitrogens with zero attached hydrogens (tertiary/aromatic N) is 4. The molecule has 3 fully saturated rings. The summed E-state index contributed by atoms with van der Waals surface area (Å²) in [6, 6.07) is 9.81. The molecule has 168 valence electrons. The Morgan fingerprint density at radius 2 is 1.65 bits per heavy atom. The molecule has 0 aromatic heterocycles. The fraction of sp³-hybridized carbons (Fsp3) is 0.625. The second-order valence-electron chi connectivity index (χ2n) is 9.57. The van der Waals surface area contributed by atoms with E-state index in [1.165, 1.54) is 0 Å². The molecule has 0 unspecified atom stereocenters. The maximum Gasteiger partial charge on any atom is 0.319 e. The van der Waals surface area contributed by atoms with Gasteiger partial charge in [0, 0.05) is 58.8 Å². The normalized spacial score (nSPS) is 25.0. The third-order valence-corrected chi connectivity index (χ3v) is 7.78. The van der Waals surface area contributed by atoms with Crippen molar-refractivity contribution in [1.29, 1.82) is 0 Å². The molecule has 7 heteroatoms. The summed E-state index contributed by atoms with van der Waals surface area (Å²) in [6.45, 7) is 5.89. The van der Waals surface area contributed by atoms with E-state index in [0.29, 0.717) is 39.1 Å². The summed E-state index contributed by atoms with van der Waals surface area (Å²) in [5, 5.41) is 0. The van der Waals surface area contributed by atoms with Gasteiger partial charge in [0.25, 0.3) is 0 Å². The largest absolute Gasteiger partial charge is 0.342 e. The Labute approximate surface area is 185 Å². The van der Waals surface area contributed by atoms with E-state index in [9.17, 15) is 14.4 Å². The first-order valence-electron chi connectivity index (χ1n) is 11.4. The van der Waals surface area contributed by atoms with Gasteiger partial charge in [-0.3, -0.25) is 9.59 Å². The quantitative estimate of drug-likeness (QED) is 0.743. The van der Waals surface area contributed by atoms with Crippen molar-refractivity contribution in [1.82, 2.24) is 19.6 Å². The van der Waals surface area contributed by atoms with Crippen molar-refractivity contribution < 1.29 is 14.4 Å². The van der Waals surface area contributed by atoms with Crippen LogP contribution in [-0.2, 0) is 16.0 Å². The Morgan fingerprint density at radius 1 is 0.968 bits per heavy atom. The number of urea groups is 1. The number of piperidine rings is 1. The van der Waals surface area contributed by atoms with Crippen LogP contribution in [0.4, 0.5) is 4.79 Å². The number of carbonyl (C=O) groups is 3. The Hall–Kier alpha value is -2.57. The minimum absolute atomic E-state index is 0.0263. The van der Waals surface area contributed by atoms with Crippen LogP contribution >= 0.6 is 0 Å². The van der Waals surface area contributed by atoms with Crippen molar-refractivity contribution in [2.45, 2.75) is 32.6 Å². The topological polar surface area (TPSA) is 64.2 Å². The van der Waals surface area contributed by atoms with E-state index >= 15 is 0 Å². The number of benzene rings is 1. The van der Waals surface area contributed by atoms with E-state index in [4.69, 9.17) is 0 Å². The van der Waals surface area contributed by atoms with Gasteiger partial charge in [0.1, 0.15) is 0 Å². The van der Waals surface area contributed by atoms with E-state index in [1.54, 1.807) is 19.0 Å². The molecule has 2 spiro atoms. The molecule has 4 amide bonds. The molecular formula is C24H34N4O3. The van der Waals surface area contributed by atoms with Crippen LogP contribution in [0, 0.1) is 10.8 Å². The van der Waals surface area contributed by atoms with Gasteiger partial charge in [-0.1, -0.05) is 30.3 Å². The third-order valence-electron chi connectivity index (χ3n) is 7.78. The van der Waals surface area contributed by atoms with E-state index in [2.05, 4.69) is 0 Å². The van der Waals surface area contributed by atoms with Crippen molar-refractivity contribution in [3.63, 3.8) is 0 Å². The van der Waals surface area contributed by atoms with Crippen LogP contribution in [0.1, 0.15) is 31.7 Å². The summed E-state index contributed by atoms with van der Waals surface area (Å²) in [5.74, 6) is 0.343. The lowest BCUT2D eigenvalue weighted by Crippen LogP contribution is -2.53. The predicted molar refractivity (Wildman–Crippen MR) is 118 cm³/mol. The van der Waals surface area contributed by atoms with Crippen LogP contribution in [0.15, 0.2) is 30.3 Å². The molecule has 31 heavy (non-hydrogen) atoms. The first kappa shape index (κ1) is 21.7. The molecule has 1 atom stereocenters. The number of hydrogen-bond donors (Lipinski definition) is 0. The molecule has 0 saturated carbocycles. The van der Waals surface area contributed by atoms with Crippen molar-refractivity contribution in [2.24, 2.45) is 10.8 Å². The average molecular weight is 427 g/mol. The highest BCUT2D eigenvalue weighted by atomic mass is 16.2. The summed E-state index contributed by atoms with van der Waals surface area (Å²) in [5.41, 5.74) is 0.268. The molecule has 0 bridgehead atoms. The van der Waals surface area contributed by atoms with Crippen LogP contribution in [0.2, 0.25) is 0 Å². The van der Waals surface area contributed by atoms with Crippen LogP contribution in [0.3, 0.4) is 0 Å². The zero-order chi connectivity index (χ0) is 22.2. The molecule has 3 aliphatic heterocycles. The Balaban J connectivity index is 1.53. The fourth-order valence-electron chi connectivity index (χ4n) is 5.96. The van der Waals surface area contributed by atoms with Gasteiger partial charge in [-0.05, 0) is 31.7 Å². The summed E-state index contributed by atoms with van der Waals surface area (Å²) < 4.78 is 0. The van der Waals surface area contributed by atoms with Crippen LogP contribution in [-0.4, -0.2) is 90.8 Å². The van der Waals surface area contributed by atoms with Crippen LogP contribution in [0.25, 0.3) is 0 Å². The van der Waals surface area contributed by atoms with Crippen molar-refractivity contribution in [3.05, 3.63) is 35.9 Å². The minimum Gasteiger partial charge on any atom is -0.342 e. The predicted octanol–water partition coefficient (Wildman–Crippen LogP) is 2.07. The number of rotatable bonds is 3. The molecule has 3 heterocycles. The maximum atomic E-state index is 13.5. The maximum absolute atomic E-state index is 13.5. The molecule has 0 aliphatic carbocycles. The first-order valence-corrected chi connectivity index (χ1v) is 11.4. The summed E-state index contributed by atoms with van der Waals surface area (Å²) in [6.07, 6.45) is 2.75. The van der Waals surface area contributed by atoms with Gasteiger partial charge in [0.15, 0.2) is 0 Å². The van der Waals surface area contributed by atoms with Crippen molar-refractivity contribution in [3.8, 4) is 0 Å². The molecule has 0 N–H and O–H groups in total. The molecule has 3 aliphatic rings. The third kappa shape index (κ3) is 3.58. The standard InChI is InChI=1S/C24H34N4O3/c1-4-26-15-12-24(21(26)30)18-28(22(31)25(2)3)17-23(24)10-13-27(14-11-23)20(29)16-19-8-6-5-7-9-19/h5-9H,4,10-18H2,1-3H3/t24-/m0/s1. The highest BCUT2D eigenvalue weighted by molar-refractivity contribution is 5.88. The SMILES string of the molecule is CCN1CC[C@]2(CN(C(=O)N(C)C)CC23CCN(C(=O)Cc2ccccc2)CC3)C1=O. The van der Waals surface area contributed by atoms with Gasteiger partial charge in [-0.2, -0.15) is 0 Å². The van der Waals surface area contributed by atoms with Crippen LogP contribution < -0.4 is 0 Å². The number of carbonyl (C=O) groups excluding carboxylic acids is 3. The lowest BCUT2D eigenvalue weighted by molar-refractivity contribution is -0.143. The zero-order valence-corrected chi connectivity index (χ0v) is 19.0. The van der Waals surface area contributed by atoms with Gasteiger partial charge in [0.05, 0.1) is 11.8 Å². The second-order valence-corrected chi connectivity index (χ2v) is 9.57. The van der Waals surface area contributed by atoms with E-state index in [0.717, 1.165) is 31.4 Å². The number of likely N-dealkylation sites (tertiary alicyclic amines) is 3. The monoisotopic (exact) mass is 426 g/mol. The molecular weight excluding hydrogens is 392 g/mol. The highest BCUT2D eigenvalue weighted by Gasteiger charge is 2.65. The Bertz CT molecular complexity index is 848. The van der Waals surface area contributed by atoms with Gasteiger partial charge in [-0.25, -0.2) is 4.79 Å². The first-order chi connectivity index (χ1) is 14.8. The van der Waals surface area contributed by atoms with Gasteiger partial charge < -0.3 is 19.6 Å². The van der Waals surface area contributed by atoms with Crippen molar-refractivity contribution in [2.75, 3.05) is 53.4 Å². The van der Waals surface area contributed by atoms with E-state index in [1.807, 2.05) is 52.0 Å². The average Bonchev–Trinajstić information content (AvgIpc) is 3.26. The summed E-state index contributed by atoms with van der Waals surface area (Å²) in [4.78, 5) is 46.6. The fourth-order valence-corrected chi connectivity index (χ4v) is 5.96. The van der Waals surface area contributed by atoms with Crippen molar-refractivity contribution >= 4 is 17.8 Å². The summed E-state index contributed by atoms with van der Waals surface area (Å²) in [7, 11) is 3.53. The smallest absolute Gasteiger partial charge is 0.319 e. The molecule has 1 aromatic rings. The van der Waals surface area contributed by atoms with Gasteiger partial charge in [0.2, 0.25) is 11.8 Å². The Kier molecular flexibility index (Phi) is 5.71. The van der Waals surface area contributed by atoms with Gasteiger partial charge in [-0.15, -0.1) is 0 Å². The summed E-state index contributed by atoms with van der Waals surface area (Å²) >= 11 is 0.